The number of hydrogen-bond acceptors (Lipinski definition) is 3. The van der Waals surface area contributed by atoms with E-state index in [9.17, 15) is 9.59 Å². The predicted molar refractivity (Wildman–Crippen MR) is 129 cm³/mol. The number of rotatable bonds is 5. The number of hydrogen-bond donors (Lipinski definition) is 1. The van der Waals surface area contributed by atoms with Crippen LogP contribution >= 0.6 is 0 Å². The zero-order chi connectivity index (χ0) is 23.4. The summed E-state index contributed by atoms with van der Waals surface area (Å²) in [5, 5.41) is 13.2. The first-order valence-electron chi connectivity index (χ1n) is 10.3. The van der Waals surface area contributed by atoms with Crippen molar-refractivity contribution in [3.8, 4) is 0 Å². The first kappa shape index (κ1) is 25.6. The first-order chi connectivity index (χ1) is 14.7. The number of carbonyl (C=O) groups excluding carboxylic acids is 1. The van der Waals surface area contributed by atoms with Crippen molar-refractivity contribution < 1.29 is 19.4 Å². The Morgan fingerprint density at radius 1 is 0.903 bits per heavy atom. The van der Waals surface area contributed by atoms with Gasteiger partial charge in [0, 0.05) is 11.1 Å². The number of carbonyl (C=O) groups is 2. The fraction of sp³-hybridized carbons (Fsp3) is 0.259. The van der Waals surface area contributed by atoms with E-state index < -0.39 is 5.97 Å². The molecular weight excluding hydrogens is 388 g/mol. The molecule has 0 unspecified atom stereocenters. The number of fused-ring (bicyclic) bond motifs is 2. The lowest BCUT2D eigenvalue weighted by Crippen LogP contribution is -2.05. The number of benzene rings is 3. The molecule has 0 bridgehead atoms. The summed E-state index contributed by atoms with van der Waals surface area (Å²) in [7, 11) is 0. The average Bonchev–Trinajstić information content (AvgIpc) is 2.73. The third kappa shape index (κ3) is 8.87. The van der Waals surface area contributed by atoms with Gasteiger partial charge in [-0.3, -0.25) is 0 Å². The van der Waals surface area contributed by atoms with E-state index >= 15 is 0 Å². The molecule has 0 atom stereocenters. The largest absolute Gasteiger partial charge is 0.478 e. The highest BCUT2D eigenvalue weighted by Crippen LogP contribution is 2.24. The monoisotopic (exact) mass is 420 g/mol. The van der Waals surface area contributed by atoms with Crippen LogP contribution in [-0.4, -0.2) is 23.7 Å². The molecule has 0 aromatic heterocycles. The molecule has 0 aliphatic rings. The smallest absolute Gasteiger partial charge is 0.333 e. The summed E-state index contributed by atoms with van der Waals surface area (Å²) >= 11 is 0. The summed E-state index contributed by atoms with van der Waals surface area (Å²) in [5.41, 5.74) is 1.99. The summed E-state index contributed by atoms with van der Waals surface area (Å²) in [5.74, 6) is -1.22. The quantitative estimate of drug-likeness (QED) is 0.212. The zero-order valence-corrected chi connectivity index (χ0v) is 18.9. The molecule has 4 heteroatoms. The van der Waals surface area contributed by atoms with Crippen LogP contribution in [0.25, 0.3) is 21.5 Å². The number of aliphatic carboxylic acids is 1. The van der Waals surface area contributed by atoms with Gasteiger partial charge in [-0.05, 0) is 66.4 Å². The van der Waals surface area contributed by atoms with E-state index in [0.29, 0.717) is 12.2 Å². The lowest BCUT2D eigenvalue weighted by Gasteiger charge is -2.04. The third-order valence-electron chi connectivity index (χ3n) is 4.41. The molecule has 4 nitrogen and oxygen atoms in total. The van der Waals surface area contributed by atoms with Crippen molar-refractivity contribution in [2.45, 2.75) is 40.5 Å². The third-order valence-corrected chi connectivity index (χ3v) is 4.41. The Bertz CT molecular complexity index is 1050. The van der Waals surface area contributed by atoms with E-state index in [-0.39, 0.29) is 11.5 Å². The van der Waals surface area contributed by atoms with Gasteiger partial charge >= 0.3 is 11.9 Å². The summed E-state index contributed by atoms with van der Waals surface area (Å²) in [6, 6.07) is 19.5. The van der Waals surface area contributed by atoms with Gasteiger partial charge in [0.15, 0.2) is 0 Å². The highest BCUT2D eigenvalue weighted by Gasteiger charge is 2.00. The highest BCUT2D eigenvalue weighted by molar-refractivity contribution is 5.99. The van der Waals surface area contributed by atoms with Crippen LogP contribution in [0.15, 0.2) is 78.9 Å². The van der Waals surface area contributed by atoms with Crippen LogP contribution in [0, 0.1) is 6.92 Å². The van der Waals surface area contributed by atoms with Gasteiger partial charge in [-0.1, -0.05) is 69.0 Å². The maximum Gasteiger partial charge on any atom is 0.333 e. The molecule has 0 fully saturated rings. The van der Waals surface area contributed by atoms with Gasteiger partial charge in [-0.15, -0.1) is 0 Å². The van der Waals surface area contributed by atoms with Gasteiger partial charge < -0.3 is 9.84 Å². The van der Waals surface area contributed by atoms with Gasteiger partial charge in [0.05, 0.1) is 6.61 Å². The molecule has 3 rings (SSSR count). The fourth-order valence-corrected chi connectivity index (χ4v) is 2.56. The standard InChI is InChI=1S/C15H12.C8H14O2.C4H6O2/c1-11-5-4-8-14-9-12-6-2-3-7-13(12)10-15(11)14;1-4-5-6-10-8(9)7(2)3;1-3(2)4(5)6/h2-10H,1H3;2,4-6H2,1,3H3;1H2,2H3,(H,5,6). The Morgan fingerprint density at radius 3 is 1.97 bits per heavy atom. The van der Waals surface area contributed by atoms with Crippen molar-refractivity contribution >= 4 is 33.5 Å². The maximum absolute atomic E-state index is 10.7. The van der Waals surface area contributed by atoms with E-state index in [0.717, 1.165) is 12.8 Å². The zero-order valence-electron chi connectivity index (χ0n) is 18.9. The molecule has 0 saturated carbocycles. The molecule has 31 heavy (non-hydrogen) atoms. The van der Waals surface area contributed by atoms with Crippen LogP contribution in [0.3, 0.4) is 0 Å². The SMILES string of the molecule is C=C(C)C(=O)O.C=C(C)C(=O)OCCCC.Cc1cccc2cc3ccccc3cc12. The number of esters is 1. The van der Waals surface area contributed by atoms with Gasteiger partial charge in [0.2, 0.25) is 0 Å². The van der Waals surface area contributed by atoms with E-state index in [2.05, 4.69) is 81.6 Å². The summed E-state index contributed by atoms with van der Waals surface area (Å²) in [4.78, 5) is 20.3. The maximum atomic E-state index is 10.7. The van der Waals surface area contributed by atoms with Crippen LogP contribution in [0.2, 0.25) is 0 Å². The predicted octanol–water partition coefficient (Wildman–Crippen LogP) is 6.85. The van der Waals surface area contributed by atoms with Crippen molar-refractivity contribution in [2.75, 3.05) is 6.61 Å². The van der Waals surface area contributed by atoms with Crippen molar-refractivity contribution in [3.05, 3.63) is 84.5 Å². The van der Waals surface area contributed by atoms with Gasteiger partial charge in [-0.2, -0.15) is 0 Å². The second-order valence-corrected chi connectivity index (χ2v) is 7.35. The minimum absolute atomic E-state index is 0.176. The van der Waals surface area contributed by atoms with E-state index in [4.69, 9.17) is 9.84 Å². The number of carboxylic acids is 1. The van der Waals surface area contributed by atoms with Crippen LogP contribution in [-0.2, 0) is 14.3 Å². The molecule has 0 aliphatic carbocycles. The van der Waals surface area contributed by atoms with Crippen molar-refractivity contribution in [1.29, 1.82) is 0 Å². The second kappa shape index (κ2) is 13.0. The molecular formula is C27H32O4. The van der Waals surface area contributed by atoms with Gasteiger partial charge in [0.1, 0.15) is 0 Å². The Kier molecular flexibility index (Phi) is 10.8. The van der Waals surface area contributed by atoms with E-state index in [1.165, 1.54) is 34.0 Å². The molecule has 3 aromatic rings. The topological polar surface area (TPSA) is 63.6 Å². The molecule has 0 spiro atoms. The molecule has 1 N–H and O–H groups in total. The number of ether oxygens (including phenoxy) is 1. The molecule has 0 radical (unpaired) electrons. The van der Waals surface area contributed by atoms with E-state index in [1.54, 1.807) is 6.92 Å². The van der Waals surface area contributed by atoms with Crippen LogP contribution in [0.5, 0.6) is 0 Å². The van der Waals surface area contributed by atoms with Crippen LogP contribution in [0.4, 0.5) is 0 Å². The Morgan fingerprint density at radius 2 is 1.45 bits per heavy atom. The van der Waals surface area contributed by atoms with Crippen LogP contribution in [0.1, 0.15) is 39.2 Å². The number of aryl methyl sites for hydroxylation is 1. The Labute approximate surface area is 184 Å². The fourth-order valence-electron chi connectivity index (χ4n) is 2.56. The molecule has 164 valence electrons. The lowest BCUT2D eigenvalue weighted by molar-refractivity contribution is -0.139. The Balaban J connectivity index is 0.000000262. The molecule has 0 aliphatic heterocycles. The number of unbranched alkanes of at least 4 members (excludes halogenated alkanes) is 1. The lowest BCUT2D eigenvalue weighted by atomic mass is 10.0. The molecule has 0 amide bonds. The molecule has 3 aromatic carbocycles. The minimum atomic E-state index is -0.935. The van der Waals surface area contributed by atoms with Crippen molar-refractivity contribution in [1.82, 2.24) is 0 Å². The molecule has 0 saturated heterocycles. The summed E-state index contributed by atoms with van der Waals surface area (Å²) in [6.07, 6.45) is 1.97. The van der Waals surface area contributed by atoms with E-state index in [1.807, 2.05) is 0 Å². The normalized spacial score (nSPS) is 9.68. The first-order valence-corrected chi connectivity index (χ1v) is 10.3. The van der Waals surface area contributed by atoms with Crippen molar-refractivity contribution in [3.63, 3.8) is 0 Å². The summed E-state index contributed by atoms with van der Waals surface area (Å²) in [6.45, 7) is 14.4. The average molecular weight is 421 g/mol. The second-order valence-electron chi connectivity index (χ2n) is 7.35. The Hall–Kier alpha value is -3.40. The van der Waals surface area contributed by atoms with Gasteiger partial charge in [0.25, 0.3) is 0 Å². The molecule has 0 heterocycles. The van der Waals surface area contributed by atoms with Crippen LogP contribution < -0.4 is 0 Å². The highest BCUT2D eigenvalue weighted by atomic mass is 16.5. The van der Waals surface area contributed by atoms with Gasteiger partial charge in [-0.25, -0.2) is 9.59 Å². The summed E-state index contributed by atoms with van der Waals surface area (Å²) < 4.78 is 4.81. The minimum Gasteiger partial charge on any atom is -0.478 e. The number of carboxylic acid groups (broad SMARTS) is 1. The van der Waals surface area contributed by atoms with Crippen molar-refractivity contribution in [2.24, 2.45) is 0 Å².